The van der Waals surface area contributed by atoms with E-state index in [-0.39, 0.29) is 19.8 Å². The number of benzene rings is 3. The van der Waals surface area contributed by atoms with Crippen LogP contribution in [0.25, 0.3) is 0 Å². The molecule has 3 aromatic carbocycles. The molecule has 262 valence electrons. The number of nitrogens with zero attached hydrogens (tertiary/aromatic N) is 1. The first-order valence-electron chi connectivity index (χ1n) is 15.8. The van der Waals surface area contributed by atoms with Crippen LogP contribution in [0, 0.1) is 0 Å². The summed E-state index contributed by atoms with van der Waals surface area (Å²) in [6, 6.07) is 23.2. The van der Waals surface area contributed by atoms with Crippen molar-refractivity contribution in [3.8, 4) is 17.2 Å². The van der Waals surface area contributed by atoms with Crippen LogP contribution in [0.3, 0.4) is 0 Å². The molecule has 3 rings (SSSR count). The SMILES string of the molecule is CCCOP(N[PH](N=[PH](OCCC)OCc1cccc(OC)c1)(OCCC)OCc1cccc(OC)c1)OCc1cccc(OC)c1. The normalized spacial score (nSPS) is 13.3. The fourth-order valence-electron chi connectivity index (χ4n) is 3.99. The molecule has 47 heavy (non-hydrogen) atoms. The van der Waals surface area contributed by atoms with Gasteiger partial charge in [0.1, 0.15) is 0 Å². The second-order valence-corrected chi connectivity index (χ2v) is 15.9. The Morgan fingerprint density at radius 2 is 1.15 bits per heavy atom. The molecule has 0 aliphatic carbocycles. The summed E-state index contributed by atoms with van der Waals surface area (Å²) in [5.74, 6) is 2.22. The molecule has 3 aromatic rings. The number of nitrogens with one attached hydrogen (secondary N) is 1. The number of ether oxygens (including phenoxy) is 3. The maximum atomic E-state index is 6.68. The zero-order chi connectivity index (χ0) is 33.7. The molecule has 0 fully saturated rings. The van der Waals surface area contributed by atoms with E-state index in [0.29, 0.717) is 19.8 Å². The second-order valence-electron chi connectivity index (χ2n) is 10.3. The molecule has 14 heteroatoms. The Hall–Kier alpha value is -2.13. The third-order valence-corrected chi connectivity index (χ3v) is 12.9. The molecule has 11 nitrogen and oxygen atoms in total. The van der Waals surface area contributed by atoms with E-state index in [1.54, 1.807) is 21.3 Å². The van der Waals surface area contributed by atoms with E-state index in [0.717, 1.165) is 53.2 Å². The van der Waals surface area contributed by atoms with Gasteiger partial charge in [-0.25, -0.2) is 0 Å². The van der Waals surface area contributed by atoms with Crippen molar-refractivity contribution >= 4 is 24.7 Å². The minimum absolute atomic E-state index is 0.204. The van der Waals surface area contributed by atoms with Crippen LogP contribution in [0.1, 0.15) is 56.7 Å². The van der Waals surface area contributed by atoms with Crippen LogP contribution in [0.2, 0.25) is 0 Å². The molecule has 0 radical (unpaired) electrons. The van der Waals surface area contributed by atoms with Gasteiger partial charge in [0, 0.05) is 0 Å². The molecule has 0 aromatic heterocycles. The zero-order valence-corrected chi connectivity index (χ0v) is 31.3. The van der Waals surface area contributed by atoms with Crippen molar-refractivity contribution in [1.29, 1.82) is 0 Å². The summed E-state index contributed by atoms with van der Waals surface area (Å²) in [7, 11) is -2.78. The second kappa shape index (κ2) is 22.5. The van der Waals surface area contributed by atoms with E-state index in [1.165, 1.54) is 0 Å². The quantitative estimate of drug-likeness (QED) is 0.0903. The summed E-state index contributed by atoms with van der Waals surface area (Å²) >= 11 is 0. The van der Waals surface area contributed by atoms with Gasteiger partial charge in [0.05, 0.1) is 0 Å². The third kappa shape index (κ3) is 14.5. The number of hydrogen-bond acceptors (Lipinski definition) is 11. The first-order chi connectivity index (χ1) is 23.0. The van der Waals surface area contributed by atoms with Gasteiger partial charge in [0.15, 0.2) is 0 Å². The average Bonchev–Trinajstić information content (AvgIpc) is 3.12. The zero-order valence-electron chi connectivity index (χ0n) is 28.4. The average molecular weight is 713 g/mol. The van der Waals surface area contributed by atoms with E-state index >= 15 is 0 Å². The van der Waals surface area contributed by atoms with Crippen LogP contribution in [0.5, 0.6) is 17.2 Å². The third-order valence-electron chi connectivity index (χ3n) is 6.36. The van der Waals surface area contributed by atoms with Crippen LogP contribution in [-0.2, 0) is 47.0 Å². The molecule has 1 N–H and O–H groups in total. The summed E-state index contributed by atoms with van der Waals surface area (Å²) < 4.78 is 59.8. The van der Waals surface area contributed by atoms with Crippen LogP contribution < -0.4 is 19.1 Å². The molecule has 0 spiro atoms. The minimum atomic E-state index is -3.71. The molecule has 0 amide bonds. The number of hydrogen-bond donors (Lipinski definition) is 1. The molecular weight excluding hydrogens is 661 g/mol. The molecule has 0 heterocycles. The van der Waals surface area contributed by atoms with E-state index < -0.39 is 24.7 Å². The van der Waals surface area contributed by atoms with Gasteiger partial charge in [-0.2, -0.15) is 0 Å². The Labute approximate surface area is 282 Å². The van der Waals surface area contributed by atoms with E-state index in [4.69, 9.17) is 45.9 Å². The topological polar surface area (TPSA) is 107 Å². The molecular formula is C33H51N2O9P3. The van der Waals surface area contributed by atoms with Crippen molar-refractivity contribution in [2.75, 3.05) is 41.2 Å². The molecule has 0 bridgehead atoms. The number of methoxy groups -OCH3 is 3. The van der Waals surface area contributed by atoms with Crippen LogP contribution in [0.4, 0.5) is 0 Å². The van der Waals surface area contributed by atoms with Crippen molar-refractivity contribution in [2.24, 2.45) is 4.52 Å². The first-order valence-corrected chi connectivity index (χ1v) is 20.0. The first kappa shape index (κ1) is 39.3. The molecule has 0 aliphatic rings. The summed E-state index contributed by atoms with van der Waals surface area (Å²) in [5.41, 5.74) is 2.77. The van der Waals surface area contributed by atoms with Crippen LogP contribution >= 0.6 is 24.7 Å². The molecule has 0 aliphatic heterocycles. The van der Waals surface area contributed by atoms with E-state index in [1.807, 2.05) is 93.6 Å². The molecule has 2 unspecified atom stereocenters. The fraction of sp³-hybridized carbons (Fsp3) is 0.455. The Morgan fingerprint density at radius 1 is 0.617 bits per heavy atom. The van der Waals surface area contributed by atoms with Gasteiger partial charge < -0.3 is 0 Å². The summed E-state index contributed by atoms with van der Waals surface area (Å²) in [6.07, 6.45) is 2.34. The summed E-state index contributed by atoms with van der Waals surface area (Å²) in [6.45, 7) is 8.23. The van der Waals surface area contributed by atoms with Gasteiger partial charge in [-0.15, -0.1) is 0 Å². The summed E-state index contributed by atoms with van der Waals surface area (Å²) in [4.78, 5) is 3.49. The Morgan fingerprint density at radius 3 is 1.68 bits per heavy atom. The van der Waals surface area contributed by atoms with Gasteiger partial charge in [0.2, 0.25) is 0 Å². The van der Waals surface area contributed by atoms with Gasteiger partial charge in [0.25, 0.3) is 0 Å². The van der Waals surface area contributed by atoms with Crippen molar-refractivity contribution in [3.05, 3.63) is 89.5 Å². The van der Waals surface area contributed by atoms with Gasteiger partial charge in [-0.3, -0.25) is 0 Å². The monoisotopic (exact) mass is 712 g/mol. The van der Waals surface area contributed by atoms with E-state index in [9.17, 15) is 0 Å². The fourth-order valence-corrected chi connectivity index (χ4v) is 11.0. The molecule has 2 atom stereocenters. The van der Waals surface area contributed by atoms with Gasteiger partial charge in [-0.1, -0.05) is 0 Å². The van der Waals surface area contributed by atoms with Crippen molar-refractivity contribution in [1.82, 2.24) is 4.86 Å². The molecule has 0 saturated carbocycles. The Bertz CT molecular complexity index is 1350. The van der Waals surface area contributed by atoms with Crippen LogP contribution in [0.15, 0.2) is 77.3 Å². The van der Waals surface area contributed by atoms with Gasteiger partial charge >= 0.3 is 283 Å². The predicted octanol–water partition coefficient (Wildman–Crippen LogP) is 9.40. The van der Waals surface area contributed by atoms with Crippen molar-refractivity contribution in [3.63, 3.8) is 0 Å². The Balaban J connectivity index is 1.99. The molecule has 0 saturated heterocycles. The summed E-state index contributed by atoms with van der Waals surface area (Å²) in [5, 5.41) is 0. The standard InChI is InChI=1S/C33H51N2O9P3/c1-7-19-39-45(41-25-28-13-10-16-31(22-28)36-4)34-47(43-21-9-3,44-27-30-15-12-18-33(24-30)38-6)35-46(40-20-8-2)42-26-29-14-11-17-32(23-29)37-5/h10-18,22-24,34,46-47H,7-9,19-21,25-27H2,1-6H3. The van der Waals surface area contributed by atoms with Crippen LogP contribution in [-0.4, -0.2) is 41.2 Å². The van der Waals surface area contributed by atoms with Gasteiger partial charge in [-0.05, 0) is 0 Å². The predicted molar refractivity (Wildman–Crippen MR) is 191 cm³/mol. The van der Waals surface area contributed by atoms with E-state index in [2.05, 4.69) is 4.86 Å². The van der Waals surface area contributed by atoms with Crippen molar-refractivity contribution in [2.45, 2.75) is 59.9 Å². The number of rotatable bonds is 24. The Kier molecular flexibility index (Phi) is 18.8. The van der Waals surface area contributed by atoms with Crippen molar-refractivity contribution < 1.29 is 41.4 Å². The maximum absolute atomic E-state index is 6.68.